The SMILES string of the molecule is CCC(C)(NC(=O)c1cc(Cl)c2ccccc2c1Cc1ccc(C(F)(F)F)cn1)C(=O)O. The van der Waals surface area contributed by atoms with Gasteiger partial charge in [-0.05, 0) is 42.5 Å². The van der Waals surface area contributed by atoms with Crippen LogP contribution in [0.1, 0.15) is 47.4 Å². The monoisotopic (exact) mass is 464 g/mol. The summed E-state index contributed by atoms with van der Waals surface area (Å²) in [7, 11) is 0. The molecule has 0 fully saturated rings. The minimum Gasteiger partial charge on any atom is -0.480 e. The highest BCUT2D eigenvalue weighted by atomic mass is 35.5. The van der Waals surface area contributed by atoms with E-state index in [1.165, 1.54) is 19.1 Å². The number of halogens is 4. The number of hydrogen-bond donors (Lipinski definition) is 2. The van der Waals surface area contributed by atoms with E-state index in [-0.39, 0.29) is 18.4 Å². The molecule has 32 heavy (non-hydrogen) atoms. The lowest BCUT2D eigenvalue weighted by Crippen LogP contribution is -2.51. The predicted molar refractivity (Wildman–Crippen MR) is 115 cm³/mol. The Balaban J connectivity index is 2.10. The van der Waals surface area contributed by atoms with E-state index in [0.29, 0.717) is 27.1 Å². The Morgan fingerprint density at radius 2 is 1.78 bits per heavy atom. The average molecular weight is 465 g/mol. The van der Waals surface area contributed by atoms with E-state index < -0.39 is 29.2 Å². The van der Waals surface area contributed by atoms with Crippen LogP contribution in [0.2, 0.25) is 5.02 Å². The molecular weight excluding hydrogens is 445 g/mol. The van der Waals surface area contributed by atoms with Gasteiger partial charge < -0.3 is 10.4 Å². The number of aliphatic carboxylic acids is 1. The fraction of sp³-hybridized carbons (Fsp3) is 0.261. The normalized spacial score (nSPS) is 13.6. The number of nitrogens with zero attached hydrogens (tertiary/aromatic N) is 1. The van der Waals surface area contributed by atoms with E-state index in [2.05, 4.69) is 10.3 Å². The van der Waals surface area contributed by atoms with Gasteiger partial charge >= 0.3 is 12.1 Å². The highest BCUT2D eigenvalue weighted by Crippen LogP contribution is 2.32. The quantitative estimate of drug-likeness (QED) is 0.506. The van der Waals surface area contributed by atoms with Crippen molar-refractivity contribution in [2.75, 3.05) is 0 Å². The van der Waals surface area contributed by atoms with Crippen molar-refractivity contribution in [2.24, 2.45) is 0 Å². The molecule has 2 aromatic carbocycles. The van der Waals surface area contributed by atoms with Gasteiger partial charge in [0.05, 0.1) is 5.56 Å². The third-order valence-electron chi connectivity index (χ3n) is 5.43. The van der Waals surface area contributed by atoms with Gasteiger partial charge in [-0.2, -0.15) is 13.2 Å². The summed E-state index contributed by atoms with van der Waals surface area (Å²) in [5.41, 5.74) is -1.44. The standard InChI is InChI=1S/C23H20ClF3N2O3/c1-3-22(2,21(31)32)29-20(30)18-11-19(24)16-7-5-4-6-15(16)17(18)10-14-9-8-13(12-28-14)23(25,26)27/h4-9,11-12H,3,10H2,1-2H3,(H,29,30)(H,31,32). The summed E-state index contributed by atoms with van der Waals surface area (Å²) in [6, 6.07) is 10.6. The minimum atomic E-state index is -4.51. The number of aromatic nitrogens is 1. The zero-order valence-corrected chi connectivity index (χ0v) is 18.0. The molecule has 2 N–H and O–H groups in total. The smallest absolute Gasteiger partial charge is 0.417 e. The number of carboxylic acids is 1. The van der Waals surface area contributed by atoms with E-state index in [1.807, 2.05) is 0 Å². The van der Waals surface area contributed by atoms with Crippen molar-refractivity contribution in [3.8, 4) is 0 Å². The number of carboxylic acid groups (broad SMARTS) is 1. The van der Waals surface area contributed by atoms with Crippen LogP contribution in [0.4, 0.5) is 13.2 Å². The van der Waals surface area contributed by atoms with Crippen LogP contribution in [0.15, 0.2) is 48.7 Å². The van der Waals surface area contributed by atoms with Gasteiger partial charge in [0.2, 0.25) is 0 Å². The molecule has 0 spiro atoms. The van der Waals surface area contributed by atoms with Crippen LogP contribution < -0.4 is 5.32 Å². The van der Waals surface area contributed by atoms with E-state index >= 15 is 0 Å². The molecule has 0 aliphatic rings. The fourth-order valence-corrected chi connectivity index (χ4v) is 3.55. The van der Waals surface area contributed by atoms with Gasteiger partial charge in [-0.15, -0.1) is 0 Å². The van der Waals surface area contributed by atoms with Crippen LogP contribution in [0.3, 0.4) is 0 Å². The molecular formula is C23H20ClF3N2O3. The van der Waals surface area contributed by atoms with Crippen molar-refractivity contribution in [1.82, 2.24) is 10.3 Å². The number of hydrogen-bond acceptors (Lipinski definition) is 3. The molecule has 1 unspecified atom stereocenters. The number of nitrogens with one attached hydrogen (secondary N) is 1. The summed E-state index contributed by atoms with van der Waals surface area (Å²) in [6.45, 7) is 3.03. The Labute approximate surface area is 187 Å². The molecule has 1 heterocycles. The van der Waals surface area contributed by atoms with Gasteiger partial charge in [-0.25, -0.2) is 4.79 Å². The number of carbonyl (C=O) groups is 2. The molecule has 1 amide bonds. The summed E-state index contributed by atoms with van der Waals surface area (Å²) in [4.78, 5) is 28.7. The zero-order chi connectivity index (χ0) is 23.7. The molecule has 1 atom stereocenters. The van der Waals surface area contributed by atoms with Crippen LogP contribution >= 0.6 is 11.6 Å². The van der Waals surface area contributed by atoms with Crippen molar-refractivity contribution in [2.45, 2.75) is 38.4 Å². The Bertz CT molecular complexity index is 1180. The second kappa shape index (κ2) is 8.78. The minimum absolute atomic E-state index is 0.0501. The van der Waals surface area contributed by atoms with Crippen LogP contribution in [-0.2, 0) is 17.4 Å². The number of fused-ring (bicyclic) bond motifs is 1. The molecule has 5 nitrogen and oxygen atoms in total. The molecule has 1 aromatic heterocycles. The van der Waals surface area contributed by atoms with Gasteiger partial charge in [0.15, 0.2) is 0 Å². The Morgan fingerprint density at radius 3 is 2.31 bits per heavy atom. The van der Waals surface area contributed by atoms with Crippen molar-refractivity contribution in [3.63, 3.8) is 0 Å². The Hall–Kier alpha value is -3.13. The summed E-state index contributed by atoms with van der Waals surface area (Å²) >= 11 is 6.38. The van der Waals surface area contributed by atoms with E-state index in [4.69, 9.17) is 11.6 Å². The van der Waals surface area contributed by atoms with E-state index in [1.54, 1.807) is 31.2 Å². The van der Waals surface area contributed by atoms with Crippen LogP contribution in [0.25, 0.3) is 10.8 Å². The number of amides is 1. The second-order valence-corrected chi connectivity index (χ2v) is 7.99. The highest BCUT2D eigenvalue weighted by molar-refractivity contribution is 6.36. The van der Waals surface area contributed by atoms with Gasteiger partial charge in [0, 0.05) is 34.3 Å². The fourth-order valence-electron chi connectivity index (χ4n) is 3.27. The molecule has 0 aliphatic heterocycles. The number of alkyl halides is 3. The lowest BCUT2D eigenvalue weighted by atomic mass is 9.93. The van der Waals surface area contributed by atoms with Crippen molar-refractivity contribution < 1.29 is 27.9 Å². The summed E-state index contributed by atoms with van der Waals surface area (Å²) < 4.78 is 38.6. The second-order valence-electron chi connectivity index (χ2n) is 7.59. The first-order valence-electron chi connectivity index (χ1n) is 9.74. The van der Waals surface area contributed by atoms with Gasteiger partial charge in [0.25, 0.3) is 5.91 Å². The zero-order valence-electron chi connectivity index (χ0n) is 17.3. The van der Waals surface area contributed by atoms with Crippen molar-refractivity contribution in [1.29, 1.82) is 0 Å². The van der Waals surface area contributed by atoms with Crippen molar-refractivity contribution >= 4 is 34.2 Å². The maximum Gasteiger partial charge on any atom is 0.417 e. The molecule has 0 radical (unpaired) electrons. The van der Waals surface area contributed by atoms with E-state index in [9.17, 15) is 27.9 Å². The molecule has 0 aliphatic carbocycles. The maximum absolute atomic E-state index is 13.1. The lowest BCUT2D eigenvalue weighted by Gasteiger charge is -2.25. The third-order valence-corrected chi connectivity index (χ3v) is 5.74. The van der Waals surface area contributed by atoms with Gasteiger partial charge in [-0.1, -0.05) is 42.8 Å². The summed E-state index contributed by atoms with van der Waals surface area (Å²) in [5, 5.41) is 13.6. The largest absolute Gasteiger partial charge is 0.480 e. The number of pyridine rings is 1. The Morgan fingerprint density at radius 1 is 1.12 bits per heavy atom. The molecule has 0 saturated heterocycles. The van der Waals surface area contributed by atoms with Crippen LogP contribution in [-0.4, -0.2) is 27.5 Å². The van der Waals surface area contributed by atoms with Gasteiger partial charge in [0.1, 0.15) is 5.54 Å². The topological polar surface area (TPSA) is 79.3 Å². The first-order chi connectivity index (χ1) is 15.0. The molecule has 3 aromatic rings. The first-order valence-corrected chi connectivity index (χ1v) is 10.1. The lowest BCUT2D eigenvalue weighted by molar-refractivity contribution is -0.144. The predicted octanol–water partition coefficient (Wildman–Crippen LogP) is 5.48. The molecule has 0 saturated carbocycles. The molecule has 0 bridgehead atoms. The maximum atomic E-state index is 13.1. The van der Waals surface area contributed by atoms with Gasteiger partial charge in [-0.3, -0.25) is 9.78 Å². The number of carbonyl (C=O) groups excluding carboxylic acids is 1. The van der Waals surface area contributed by atoms with Crippen LogP contribution in [0.5, 0.6) is 0 Å². The summed E-state index contributed by atoms with van der Waals surface area (Å²) in [5.74, 6) is -1.84. The van der Waals surface area contributed by atoms with E-state index in [0.717, 1.165) is 12.3 Å². The molecule has 9 heteroatoms. The number of rotatable bonds is 6. The highest BCUT2D eigenvalue weighted by Gasteiger charge is 2.34. The average Bonchev–Trinajstić information content (AvgIpc) is 2.75. The first kappa shape index (κ1) is 23.5. The number of benzene rings is 2. The Kier molecular flexibility index (Phi) is 6.46. The molecule has 3 rings (SSSR count). The summed E-state index contributed by atoms with van der Waals surface area (Å²) in [6.07, 6.45) is -3.57. The van der Waals surface area contributed by atoms with Crippen LogP contribution in [0, 0.1) is 0 Å². The molecule has 168 valence electrons. The van der Waals surface area contributed by atoms with Crippen molar-refractivity contribution in [3.05, 3.63) is 76.1 Å². The third kappa shape index (κ3) is 4.70.